The van der Waals surface area contributed by atoms with E-state index in [1.807, 2.05) is 0 Å². The molecule has 0 radical (unpaired) electrons. The summed E-state index contributed by atoms with van der Waals surface area (Å²) in [7, 11) is 0. The summed E-state index contributed by atoms with van der Waals surface area (Å²) in [5, 5.41) is 4.55. The van der Waals surface area contributed by atoms with Crippen LogP contribution < -0.4 is 10.6 Å². The van der Waals surface area contributed by atoms with E-state index >= 15 is 0 Å². The first-order chi connectivity index (χ1) is 12.0. The Morgan fingerprint density at radius 1 is 1.16 bits per heavy atom. The van der Waals surface area contributed by atoms with Gasteiger partial charge in [0.15, 0.2) is 5.79 Å². The van der Waals surface area contributed by atoms with Crippen LogP contribution in [0.3, 0.4) is 0 Å². The van der Waals surface area contributed by atoms with Gasteiger partial charge in [0.25, 0.3) is 0 Å². The first kappa shape index (κ1) is 17.8. The Balaban J connectivity index is 1.47. The van der Waals surface area contributed by atoms with Gasteiger partial charge in [-0.1, -0.05) is 6.42 Å². The standard InChI is InChI=1S/C17H20F2N2O4/c18-11-4-5-14(13(19)8-11)21-16(23)15(22)20-9-12-10-24-17(25-12)6-2-1-3-7-17/h4-5,8,12H,1-3,6-7,9-10H2,(H,20,22)(H,21,23). The molecule has 1 spiro atoms. The molecule has 1 unspecified atom stereocenters. The predicted octanol–water partition coefficient (Wildman–Crippen LogP) is 2.10. The molecule has 8 heteroatoms. The lowest BCUT2D eigenvalue weighted by Gasteiger charge is -2.31. The molecule has 1 heterocycles. The van der Waals surface area contributed by atoms with Crippen LogP contribution in [0.1, 0.15) is 32.1 Å². The van der Waals surface area contributed by atoms with Crippen molar-refractivity contribution in [2.24, 2.45) is 0 Å². The van der Waals surface area contributed by atoms with Crippen LogP contribution in [0, 0.1) is 11.6 Å². The van der Waals surface area contributed by atoms with Crippen molar-refractivity contribution >= 4 is 17.5 Å². The minimum atomic E-state index is -1.03. The topological polar surface area (TPSA) is 76.7 Å². The number of nitrogens with one attached hydrogen (secondary N) is 2. The van der Waals surface area contributed by atoms with Crippen LogP contribution in [-0.4, -0.2) is 36.9 Å². The number of carbonyl (C=O) groups excluding carboxylic acids is 2. The lowest BCUT2D eigenvalue weighted by molar-refractivity contribution is -0.186. The smallest absolute Gasteiger partial charge is 0.313 e. The molecule has 0 bridgehead atoms. The molecule has 2 fully saturated rings. The SMILES string of the molecule is O=C(NCC1COC2(CCCCC2)O1)C(=O)Nc1ccc(F)cc1F. The maximum atomic E-state index is 13.5. The average molecular weight is 354 g/mol. The highest BCUT2D eigenvalue weighted by Crippen LogP contribution is 2.37. The van der Waals surface area contributed by atoms with Crippen molar-refractivity contribution in [3.8, 4) is 0 Å². The van der Waals surface area contributed by atoms with Gasteiger partial charge in [0.1, 0.15) is 17.7 Å². The van der Waals surface area contributed by atoms with Crippen molar-refractivity contribution in [2.45, 2.75) is 44.0 Å². The molecule has 1 atom stereocenters. The van der Waals surface area contributed by atoms with Crippen LogP contribution in [0.4, 0.5) is 14.5 Å². The first-order valence-electron chi connectivity index (χ1n) is 8.33. The van der Waals surface area contributed by atoms with Crippen molar-refractivity contribution < 1.29 is 27.8 Å². The monoisotopic (exact) mass is 354 g/mol. The van der Waals surface area contributed by atoms with Gasteiger partial charge in [-0.2, -0.15) is 0 Å². The molecule has 1 aromatic carbocycles. The first-order valence-corrected chi connectivity index (χ1v) is 8.33. The maximum absolute atomic E-state index is 13.5. The highest BCUT2D eigenvalue weighted by Gasteiger charge is 2.42. The van der Waals surface area contributed by atoms with Crippen LogP contribution in [0.5, 0.6) is 0 Å². The number of anilines is 1. The van der Waals surface area contributed by atoms with Gasteiger partial charge in [-0.05, 0) is 25.0 Å². The molecule has 136 valence electrons. The van der Waals surface area contributed by atoms with Crippen molar-refractivity contribution in [3.63, 3.8) is 0 Å². The van der Waals surface area contributed by atoms with Gasteiger partial charge in [-0.15, -0.1) is 0 Å². The van der Waals surface area contributed by atoms with E-state index < -0.39 is 29.2 Å². The third-order valence-electron chi connectivity index (χ3n) is 4.40. The lowest BCUT2D eigenvalue weighted by Crippen LogP contribution is -2.41. The summed E-state index contributed by atoms with van der Waals surface area (Å²) >= 11 is 0. The summed E-state index contributed by atoms with van der Waals surface area (Å²) in [4.78, 5) is 23.6. The van der Waals surface area contributed by atoms with Crippen LogP contribution in [0.15, 0.2) is 18.2 Å². The number of benzene rings is 1. The quantitative estimate of drug-likeness (QED) is 0.815. The van der Waals surface area contributed by atoms with Crippen LogP contribution in [0.25, 0.3) is 0 Å². The normalized spacial score (nSPS) is 21.9. The van der Waals surface area contributed by atoms with E-state index in [4.69, 9.17) is 9.47 Å². The Morgan fingerprint density at radius 2 is 1.92 bits per heavy atom. The van der Waals surface area contributed by atoms with E-state index in [0.717, 1.165) is 44.2 Å². The summed E-state index contributed by atoms with van der Waals surface area (Å²) < 4.78 is 38.0. The van der Waals surface area contributed by atoms with Crippen molar-refractivity contribution in [3.05, 3.63) is 29.8 Å². The third-order valence-corrected chi connectivity index (χ3v) is 4.40. The fraction of sp³-hybridized carbons (Fsp3) is 0.529. The van der Waals surface area contributed by atoms with Crippen LogP contribution in [-0.2, 0) is 19.1 Å². The Kier molecular flexibility index (Phi) is 5.29. The number of ether oxygens (including phenoxy) is 2. The van der Waals surface area contributed by atoms with Gasteiger partial charge < -0.3 is 20.1 Å². The van der Waals surface area contributed by atoms with Gasteiger partial charge >= 0.3 is 11.8 Å². The zero-order chi connectivity index (χ0) is 17.9. The van der Waals surface area contributed by atoms with Gasteiger partial charge in [-0.3, -0.25) is 9.59 Å². The van der Waals surface area contributed by atoms with Crippen molar-refractivity contribution in [1.82, 2.24) is 5.32 Å². The second-order valence-electron chi connectivity index (χ2n) is 6.31. The van der Waals surface area contributed by atoms with E-state index in [1.54, 1.807) is 0 Å². The zero-order valence-electron chi connectivity index (χ0n) is 13.6. The molecule has 6 nitrogen and oxygen atoms in total. The van der Waals surface area contributed by atoms with E-state index in [1.165, 1.54) is 0 Å². The highest BCUT2D eigenvalue weighted by atomic mass is 19.1. The van der Waals surface area contributed by atoms with Gasteiger partial charge in [0.2, 0.25) is 0 Å². The van der Waals surface area contributed by atoms with E-state index in [2.05, 4.69) is 10.6 Å². The summed E-state index contributed by atoms with van der Waals surface area (Å²) in [6.45, 7) is 0.481. The molecular weight excluding hydrogens is 334 g/mol. The molecule has 1 aliphatic heterocycles. The average Bonchev–Trinajstić information content (AvgIpc) is 2.98. The van der Waals surface area contributed by atoms with Crippen molar-refractivity contribution in [1.29, 1.82) is 0 Å². The lowest BCUT2D eigenvalue weighted by atomic mass is 9.94. The molecule has 1 aliphatic carbocycles. The van der Waals surface area contributed by atoms with Crippen LogP contribution in [0.2, 0.25) is 0 Å². The van der Waals surface area contributed by atoms with E-state index in [0.29, 0.717) is 12.7 Å². The van der Waals surface area contributed by atoms with Gasteiger partial charge in [0.05, 0.1) is 12.3 Å². The van der Waals surface area contributed by atoms with E-state index in [-0.39, 0.29) is 18.3 Å². The molecule has 2 amide bonds. The third kappa shape index (κ3) is 4.32. The number of halogens is 2. The number of amides is 2. The molecule has 25 heavy (non-hydrogen) atoms. The molecular formula is C17H20F2N2O4. The fourth-order valence-electron chi connectivity index (χ4n) is 3.13. The Hall–Kier alpha value is -2.06. The Morgan fingerprint density at radius 3 is 2.64 bits per heavy atom. The van der Waals surface area contributed by atoms with Crippen LogP contribution >= 0.6 is 0 Å². The summed E-state index contributed by atoms with van der Waals surface area (Å²) in [6, 6.07) is 2.67. The second-order valence-corrected chi connectivity index (χ2v) is 6.31. The summed E-state index contributed by atoms with van der Waals surface area (Å²) in [5.74, 6) is -4.22. The zero-order valence-corrected chi connectivity index (χ0v) is 13.6. The Bertz CT molecular complexity index is 662. The number of rotatable bonds is 3. The fourth-order valence-corrected chi connectivity index (χ4v) is 3.13. The number of carbonyl (C=O) groups is 2. The molecule has 1 saturated carbocycles. The molecule has 2 N–H and O–H groups in total. The molecule has 3 rings (SSSR count). The number of hydrogen-bond donors (Lipinski definition) is 2. The van der Waals surface area contributed by atoms with Gasteiger partial charge in [-0.25, -0.2) is 8.78 Å². The second kappa shape index (κ2) is 7.45. The molecule has 0 aromatic heterocycles. The summed E-state index contributed by atoms with van der Waals surface area (Å²) in [6.07, 6.45) is 4.60. The molecule has 2 aliphatic rings. The van der Waals surface area contributed by atoms with E-state index in [9.17, 15) is 18.4 Å². The predicted molar refractivity (Wildman–Crippen MR) is 84.6 cm³/mol. The largest absolute Gasteiger partial charge is 0.347 e. The minimum Gasteiger partial charge on any atom is -0.347 e. The maximum Gasteiger partial charge on any atom is 0.313 e. The van der Waals surface area contributed by atoms with Gasteiger partial charge in [0, 0.05) is 25.5 Å². The Labute approximate surface area is 143 Å². The number of hydrogen-bond acceptors (Lipinski definition) is 4. The van der Waals surface area contributed by atoms with Crippen molar-refractivity contribution in [2.75, 3.05) is 18.5 Å². The molecule has 1 saturated heterocycles. The molecule has 1 aromatic rings. The minimum absolute atomic E-state index is 0.125. The highest BCUT2D eigenvalue weighted by molar-refractivity contribution is 6.39. The summed E-state index contributed by atoms with van der Waals surface area (Å²) in [5.41, 5.74) is -0.261.